The van der Waals surface area contributed by atoms with Crippen molar-refractivity contribution in [1.82, 2.24) is 19.6 Å². The van der Waals surface area contributed by atoms with E-state index in [1.54, 1.807) is 13.8 Å². The van der Waals surface area contributed by atoms with Gasteiger partial charge in [0.1, 0.15) is 4.88 Å². The molecule has 3 aromatic heterocycles. The third-order valence-corrected chi connectivity index (χ3v) is 7.01. The lowest BCUT2D eigenvalue weighted by atomic mass is 10.2. The Labute approximate surface area is 187 Å². The molecule has 0 aliphatic carbocycles. The molecule has 4 rings (SSSR count). The minimum Gasteiger partial charge on any atom is -0.462 e. The summed E-state index contributed by atoms with van der Waals surface area (Å²) in [7, 11) is 0. The predicted molar refractivity (Wildman–Crippen MR) is 122 cm³/mol. The lowest BCUT2D eigenvalue weighted by Crippen LogP contribution is -2.24. The number of benzene rings is 1. The molecule has 1 atom stereocenters. The smallest absolute Gasteiger partial charge is 0.350 e. The summed E-state index contributed by atoms with van der Waals surface area (Å²) in [5, 5.41) is 13.1. The van der Waals surface area contributed by atoms with E-state index in [0.29, 0.717) is 27.3 Å². The number of nitrogens with one attached hydrogen (secondary N) is 1. The van der Waals surface area contributed by atoms with Gasteiger partial charge in [-0.3, -0.25) is 9.20 Å². The Kier molecular flexibility index (Phi) is 6.19. The molecule has 3 heterocycles. The Balaban J connectivity index is 1.56. The minimum atomic E-state index is -0.429. The zero-order valence-corrected chi connectivity index (χ0v) is 18.9. The first-order chi connectivity index (χ1) is 15.0. The van der Waals surface area contributed by atoms with Crippen molar-refractivity contribution < 1.29 is 14.3 Å². The summed E-state index contributed by atoms with van der Waals surface area (Å²) in [4.78, 5) is 29.7. The number of rotatable bonds is 7. The number of pyridine rings is 1. The Hall–Kier alpha value is -2.98. The van der Waals surface area contributed by atoms with Crippen molar-refractivity contribution in [2.75, 3.05) is 11.9 Å². The molecule has 8 nitrogen and oxygen atoms in total. The zero-order valence-electron chi connectivity index (χ0n) is 17.3. The Morgan fingerprint density at radius 3 is 2.77 bits per heavy atom. The molecule has 1 unspecified atom stereocenters. The Morgan fingerprint density at radius 2 is 2.00 bits per heavy atom. The van der Waals surface area contributed by atoms with E-state index >= 15 is 0 Å². The number of aromatic nitrogens is 4. The first kappa shape index (κ1) is 21.3. The average molecular weight is 456 g/mol. The highest BCUT2D eigenvalue weighted by Gasteiger charge is 2.24. The molecule has 0 spiro atoms. The number of aryl methyl sites for hydroxylation is 1. The number of thioether (sulfide) groups is 1. The third-order valence-electron chi connectivity index (χ3n) is 4.65. The number of ether oxygens (including phenoxy) is 1. The normalized spacial score (nSPS) is 12.2. The number of esters is 1. The lowest BCUT2D eigenvalue weighted by Gasteiger charge is -2.13. The quantitative estimate of drug-likeness (QED) is 0.327. The van der Waals surface area contributed by atoms with Crippen molar-refractivity contribution in [2.45, 2.75) is 37.6 Å². The fourth-order valence-electron chi connectivity index (χ4n) is 3.16. The van der Waals surface area contributed by atoms with Crippen molar-refractivity contribution in [3.8, 4) is 0 Å². The molecular formula is C21H21N5O3S2. The number of amides is 1. The molecule has 10 heteroatoms. The van der Waals surface area contributed by atoms with Gasteiger partial charge < -0.3 is 10.1 Å². The van der Waals surface area contributed by atoms with Crippen molar-refractivity contribution in [2.24, 2.45) is 0 Å². The summed E-state index contributed by atoms with van der Waals surface area (Å²) >= 11 is 2.47. The standard InChI is InChI=1S/C21H21N5O3S2/c1-4-15(18(27)23-20-22-12(3)17(31-20)19(28)29-5-2)30-21-25-24-16-11-10-13-8-6-7-9-14(13)26(16)21/h6-11,15H,4-5H2,1-3H3,(H,22,23,27). The van der Waals surface area contributed by atoms with Crippen molar-refractivity contribution in [3.05, 3.63) is 47.0 Å². The van der Waals surface area contributed by atoms with Crippen LogP contribution < -0.4 is 5.32 Å². The van der Waals surface area contributed by atoms with Crippen molar-refractivity contribution in [3.63, 3.8) is 0 Å². The molecule has 0 aliphatic rings. The average Bonchev–Trinajstić information content (AvgIpc) is 3.35. The molecular weight excluding hydrogens is 434 g/mol. The highest BCUT2D eigenvalue weighted by Crippen LogP contribution is 2.29. The molecule has 0 aliphatic heterocycles. The van der Waals surface area contributed by atoms with Crippen LogP contribution in [-0.4, -0.2) is 43.3 Å². The molecule has 1 amide bonds. The van der Waals surface area contributed by atoms with Crippen LogP contribution in [-0.2, 0) is 9.53 Å². The monoisotopic (exact) mass is 455 g/mol. The Morgan fingerprint density at radius 1 is 1.19 bits per heavy atom. The van der Waals surface area contributed by atoms with Crippen molar-refractivity contribution in [1.29, 1.82) is 0 Å². The first-order valence-electron chi connectivity index (χ1n) is 9.86. The maximum absolute atomic E-state index is 12.9. The third kappa shape index (κ3) is 4.26. The highest BCUT2D eigenvalue weighted by atomic mass is 32.2. The maximum Gasteiger partial charge on any atom is 0.350 e. The number of hydrogen-bond acceptors (Lipinski definition) is 8. The molecule has 0 bridgehead atoms. The van der Waals surface area contributed by atoms with Gasteiger partial charge >= 0.3 is 5.97 Å². The topological polar surface area (TPSA) is 98.5 Å². The molecule has 1 aromatic carbocycles. The summed E-state index contributed by atoms with van der Waals surface area (Å²) < 4.78 is 7.00. The second-order valence-corrected chi connectivity index (χ2v) is 8.90. The molecule has 0 saturated heterocycles. The van der Waals surface area contributed by atoms with E-state index in [-0.39, 0.29) is 12.5 Å². The van der Waals surface area contributed by atoms with E-state index in [1.165, 1.54) is 11.8 Å². The van der Waals surface area contributed by atoms with Crippen LogP contribution in [0.1, 0.15) is 35.6 Å². The number of carbonyl (C=O) groups is 2. The van der Waals surface area contributed by atoms with Crippen LogP contribution in [0.3, 0.4) is 0 Å². The summed E-state index contributed by atoms with van der Waals surface area (Å²) in [6, 6.07) is 11.9. The molecule has 0 radical (unpaired) electrons. The largest absolute Gasteiger partial charge is 0.462 e. The van der Waals surface area contributed by atoms with E-state index in [4.69, 9.17) is 4.74 Å². The number of anilines is 1. The fourth-order valence-corrected chi connectivity index (χ4v) is 5.00. The lowest BCUT2D eigenvalue weighted by molar-refractivity contribution is -0.115. The van der Waals surface area contributed by atoms with Crippen LogP contribution >= 0.6 is 23.1 Å². The van der Waals surface area contributed by atoms with Gasteiger partial charge in [0.05, 0.1) is 23.1 Å². The van der Waals surface area contributed by atoms with Gasteiger partial charge in [-0.25, -0.2) is 9.78 Å². The van der Waals surface area contributed by atoms with E-state index in [1.807, 2.05) is 47.7 Å². The van der Waals surface area contributed by atoms with Crippen molar-refractivity contribution >= 4 is 56.7 Å². The van der Waals surface area contributed by atoms with E-state index in [0.717, 1.165) is 27.9 Å². The predicted octanol–water partition coefficient (Wildman–Crippen LogP) is 4.33. The first-order valence-corrected chi connectivity index (χ1v) is 11.6. The van der Waals surface area contributed by atoms with Gasteiger partial charge in [-0.15, -0.1) is 10.2 Å². The fraction of sp³-hybridized carbons (Fsp3) is 0.286. The van der Waals surface area contributed by atoms with Gasteiger partial charge in [0, 0.05) is 0 Å². The van der Waals surface area contributed by atoms with Crippen LogP contribution in [0.2, 0.25) is 0 Å². The second kappa shape index (κ2) is 9.03. The summed E-state index contributed by atoms with van der Waals surface area (Å²) in [5.41, 5.74) is 2.25. The van der Waals surface area contributed by atoms with Gasteiger partial charge in [-0.2, -0.15) is 0 Å². The Bertz CT molecular complexity index is 1270. The van der Waals surface area contributed by atoms with Gasteiger partial charge in [0.15, 0.2) is 15.9 Å². The van der Waals surface area contributed by atoms with Crippen LogP contribution in [0.15, 0.2) is 41.6 Å². The number of nitrogens with zero attached hydrogens (tertiary/aromatic N) is 4. The van der Waals surface area contributed by atoms with Crippen LogP contribution in [0.25, 0.3) is 16.6 Å². The van der Waals surface area contributed by atoms with Gasteiger partial charge in [-0.1, -0.05) is 48.2 Å². The summed E-state index contributed by atoms with van der Waals surface area (Å²) in [6.07, 6.45) is 0.589. The number of para-hydroxylation sites is 1. The maximum atomic E-state index is 12.9. The molecule has 0 fully saturated rings. The molecule has 160 valence electrons. The molecule has 4 aromatic rings. The molecule has 31 heavy (non-hydrogen) atoms. The van der Waals surface area contributed by atoms with E-state index in [2.05, 4.69) is 20.5 Å². The number of hydrogen-bond donors (Lipinski definition) is 1. The molecule has 1 N–H and O–H groups in total. The SMILES string of the molecule is CCOC(=O)c1sc(NC(=O)C(CC)Sc2nnc3ccc4ccccc4n23)nc1C. The van der Waals surface area contributed by atoms with Gasteiger partial charge in [0.25, 0.3) is 0 Å². The minimum absolute atomic E-state index is 0.200. The van der Waals surface area contributed by atoms with Gasteiger partial charge in [-0.05, 0) is 43.9 Å². The van der Waals surface area contributed by atoms with Crippen LogP contribution in [0.5, 0.6) is 0 Å². The number of thiazole rings is 1. The van der Waals surface area contributed by atoms with Crippen LogP contribution in [0.4, 0.5) is 5.13 Å². The highest BCUT2D eigenvalue weighted by molar-refractivity contribution is 8.00. The van der Waals surface area contributed by atoms with E-state index < -0.39 is 11.2 Å². The number of carbonyl (C=O) groups excluding carboxylic acids is 2. The zero-order chi connectivity index (χ0) is 22.0. The summed E-state index contributed by atoms with van der Waals surface area (Å²) in [6.45, 7) is 5.69. The molecule has 0 saturated carbocycles. The van der Waals surface area contributed by atoms with E-state index in [9.17, 15) is 9.59 Å². The summed E-state index contributed by atoms with van der Waals surface area (Å²) in [5.74, 6) is -0.630. The number of fused-ring (bicyclic) bond motifs is 3. The second-order valence-electron chi connectivity index (χ2n) is 6.73. The van der Waals surface area contributed by atoms with Gasteiger partial charge in [0.2, 0.25) is 5.91 Å². The van der Waals surface area contributed by atoms with Crippen LogP contribution in [0, 0.1) is 6.92 Å².